The van der Waals surface area contributed by atoms with Crippen LogP contribution in [0.5, 0.6) is 0 Å². The van der Waals surface area contributed by atoms with Crippen molar-refractivity contribution in [3.05, 3.63) is 81.8 Å². The molecule has 0 spiro atoms. The molecule has 0 aliphatic carbocycles. The molecule has 3 rings (SSSR count). The summed E-state index contributed by atoms with van der Waals surface area (Å²) in [6.07, 6.45) is 0. The number of H-pyrrole nitrogens is 1. The second-order valence-electron chi connectivity index (χ2n) is 5.54. The average Bonchev–Trinajstić information content (AvgIpc) is 2.55. The van der Waals surface area contributed by atoms with Gasteiger partial charge in [-0.05, 0) is 42.2 Å². The number of nitrogens with zero attached hydrogens (tertiary/aromatic N) is 1. The lowest BCUT2D eigenvalue weighted by molar-refractivity contribution is 1.13. The third kappa shape index (κ3) is 2.67. The molecule has 0 saturated carbocycles. The van der Waals surface area contributed by atoms with Gasteiger partial charge in [-0.2, -0.15) is 5.26 Å². The number of benzene rings is 2. The zero-order valence-corrected chi connectivity index (χ0v) is 13.1. The Labute approximate surface area is 134 Å². The maximum atomic E-state index is 12.1. The van der Waals surface area contributed by atoms with Crippen molar-refractivity contribution in [3.8, 4) is 28.3 Å². The molecule has 1 N–H and O–H groups in total. The van der Waals surface area contributed by atoms with Gasteiger partial charge in [-0.3, -0.25) is 4.79 Å². The fraction of sp³-hybridized carbons (Fsp3) is 0.100. The number of hydrogen-bond donors (Lipinski definition) is 1. The van der Waals surface area contributed by atoms with Crippen molar-refractivity contribution in [1.29, 1.82) is 5.26 Å². The number of aryl methyl sites for hydroxylation is 2. The first kappa shape index (κ1) is 14.8. The van der Waals surface area contributed by atoms with Crippen molar-refractivity contribution >= 4 is 0 Å². The summed E-state index contributed by atoms with van der Waals surface area (Å²) in [6.45, 7) is 3.88. The Morgan fingerprint density at radius 2 is 1.43 bits per heavy atom. The second kappa shape index (κ2) is 5.94. The van der Waals surface area contributed by atoms with E-state index in [1.807, 2.05) is 55.5 Å². The summed E-state index contributed by atoms with van der Waals surface area (Å²) in [7, 11) is 0. The van der Waals surface area contributed by atoms with Crippen molar-refractivity contribution in [2.24, 2.45) is 0 Å². The van der Waals surface area contributed by atoms with Crippen LogP contribution < -0.4 is 5.56 Å². The van der Waals surface area contributed by atoms with Crippen molar-refractivity contribution in [2.45, 2.75) is 13.8 Å². The van der Waals surface area contributed by atoms with Crippen LogP contribution >= 0.6 is 0 Å². The molecular weight excluding hydrogens is 284 g/mol. The molecule has 1 aromatic heterocycles. The molecule has 112 valence electrons. The summed E-state index contributed by atoms with van der Waals surface area (Å²) in [6, 6.07) is 19.9. The van der Waals surface area contributed by atoms with Crippen LogP contribution in [-0.2, 0) is 0 Å². The highest BCUT2D eigenvalue weighted by atomic mass is 16.1. The van der Waals surface area contributed by atoms with Gasteiger partial charge in [-0.15, -0.1) is 0 Å². The van der Waals surface area contributed by atoms with Crippen molar-refractivity contribution in [3.63, 3.8) is 0 Å². The predicted molar refractivity (Wildman–Crippen MR) is 92.1 cm³/mol. The van der Waals surface area contributed by atoms with Gasteiger partial charge in [-0.1, -0.05) is 48.5 Å². The van der Waals surface area contributed by atoms with E-state index in [0.717, 1.165) is 27.9 Å². The highest BCUT2D eigenvalue weighted by Crippen LogP contribution is 2.34. The van der Waals surface area contributed by atoms with Gasteiger partial charge in [0.05, 0.1) is 0 Å². The molecule has 0 amide bonds. The van der Waals surface area contributed by atoms with Crippen molar-refractivity contribution < 1.29 is 0 Å². The van der Waals surface area contributed by atoms with Crippen LogP contribution in [0.2, 0.25) is 0 Å². The molecule has 23 heavy (non-hydrogen) atoms. The van der Waals surface area contributed by atoms with Crippen LogP contribution in [0.25, 0.3) is 22.3 Å². The van der Waals surface area contributed by atoms with Gasteiger partial charge in [-0.25, -0.2) is 0 Å². The molecule has 1 heterocycles. The molecular formula is C20H16N2O. The van der Waals surface area contributed by atoms with Gasteiger partial charge >= 0.3 is 0 Å². The lowest BCUT2D eigenvalue weighted by Gasteiger charge is -2.13. The minimum Gasteiger partial charge on any atom is -0.325 e. The molecule has 2 aromatic carbocycles. The van der Waals surface area contributed by atoms with Crippen LogP contribution in [0.4, 0.5) is 0 Å². The van der Waals surface area contributed by atoms with Gasteiger partial charge in [0.2, 0.25) is 0 Å². The standard InChI is InChI=1S/C20H16N2O/c1-13-7-3-4-8-15(13)16-9-5-6-10-17(16)18-11-14(2)22-20(23)19(18)12-21/h3-11H,1-2H3,(H,22,23). The smallest absolute Gasteiger partial charge is 0.266 e. The molecule has 0 atom stereocenters. The topological polar surface area (TPSA) is 56.6 Å². The summed E-state index contributed by atoms with van der Waals surface area (Å²) in [5.74, 6) is 0. The van der Waals surface area contributed by atoms with E-state index in [9.17, 15) is 10.1 Å². The summed E-state index contributed by atoms with van der Waals surface area (Å²) >= 11 is 0. The van der Waals surface area contributed by atoms with E-state index in [-0.39, 0.29) is 11.1 Å². The molecule has 0 aliphatic heterocycles. The van der Waals surface area contributed by atoms with E-state index in [1.54, 1.807) is 0 Å². The molecule has 3 nitrogen and oxygen atoms in total. The number of rotatable bonds is 2. The minimum absolute atomic E-state index is 0.150. The highest BCUT2D eigenvalue weighted by molar-refractivity contribution is 5.86. The number of aromatic amines is 1. The largest absolute Gasteiger partial charge is 0.325 e. The Morgan fingerprint density at radius 1 is 0.870 bits per heavy atom. The Hall–Kier alpha value is -3.12. The Balaban J connectivity index is 2.35. The van der Waals surface area contributed by atoms with Gasteiger partial charge in [0.25, 0.3) is 5.56 Å². The molecule has 0 aliphatic rings. The number of hydrogen-bond acceptors (Lipinski definition) is 2. The third-order valence-electron chi connectivity index (χ3n) is 3.93. The highest BCUT2D eigenvalue weighted by Gasteiger charge is 2.15. The Bertz CT molecular complexity index is 977. The molecule has 0 unspecified atom stereocenters. The van der Waals surface area contributed by atoms with E-state index in [1.165, 1.54) is 0 Å². The zero-order chi connectivity index (χ0) is 16.4. The lowest BCUT2D eigenvalue weighted by Crippen LogP contribution is -2.13. The molecule has 3 heteroatoms. The first-order valence-electron chi connectivity index (χ1n) is 7.41. The van der Waals surface area contributed by atoms with Crippen LogP contribution in [0.3, 0.4) is 0 Å². The van der Waals surface area contributed by atoms with E-state index in [0.29, 0.717) is 5.56 Å². The molecule has 0 radical (unpaired) electrons. The quantitative estimate of drug-likeness (QED) is 0.771. The van der Waals surface area contributed by atoms with Gasteiger partial charge in [0.1, 0.15) is 11.6 Å². The SMILES string of the molecule is Cc1cc(-c2ccccc2-c2ccccc2C)c(C#N)c(=O)[nH]1. The van der Waals surface area contributed by atoms with Crippen molar-refractivity contribution in [2.75, 3.05) is 0 Å². The fourth-order valence-corrected chi connectivity index (χ4v) is 2.84. The Morgan fingerprint density at radius 3 is 2.04 bits per heavy atom. The van der Waals surface area contributed by atoms with Gasteiger partial charge in [0, 0.05) is 11.3 Å². The van der Waals surface area contributed by atoms with E-state index < -0.39 is 0 Å². The zero-order valence-electron chi connectivity index (χ0n) is 13.1. The number of aromatic nitrogens is 1. The predicted octanol–water partition coefficient (Wildman–Crippen LogP) is 4.20. The molecule has 3 aromatic rings. The number of nitrogens with one attached hydrogen (secondary N) is 1. The number of nitriles is 1. The number of pyridine rings is 1. The summed E-state index contributed by atoms with van der Waals surface area (Å²) < 4.78 is 0. The fourth-order valence-electron chi connectivity index (χ4n) is 2.84. The maximum absolute atomic E-state index is 12.1. The summed E-state index contributed by atoms with van der Waals surface area (Å²) in [5.41, 5.74) is 5.39. The molecule has 0 fully saturated rings. The summed E-state index contributed by atoms with van der Waals surface area (Å²) in [4.78, 5) is 14.8. The van der Waals surface area contributed by atoms with Gasteiger partial charge in [0.15, 0.2) is 0 Å². The van der Waals surface area contributed by atoms with Crippen molar-refractivity contribution in [1.82, 2.24) is 4.98 Å². The summed E-state index contributed by atoms with van der Waals surface area (Å²) in [5, 5.41) is 9.40. The normalized spacial score (nSPS) is 10.3. The average molecular weight is 300 g/mol. The molecule has 0 saturated heterocycles. The van der Waals surface area contributed by atoms with Crippen LogP contribution in [-0.4, -0.2) is 4.98 Å². The third-order valence-corrected chi connectivity index (χ3v) is 3.93. The minimum atomic E-state index is -0.345. The monoisotopic (exact) mass is 300 g/mol. The Kier molecular flexibility index (Phi) is 3.82. The van der Waals surface area contributed by atoms with Crippen LogP contribution in [0, 0.1) is 25.2 Å². The first-order valence-corrected chi connectivity index (χ1v) is 7.41. The lowest BCUT2D eigenvalue weighted by atomic mass is 9.90. The second-order valence-corrected chi connectivity index (χ2v) is 5.54. The van der Waals surface area contributed by atoms with E-state index in [4.69, 9.17) is 0 Å². The van der Waals surface area contributed by atoms with Crippen LogP contribution in [0.15, 0.2) is 59.4 Å². The van der Waals surface area contributed by atoms with E-state index >= 15 is 0 Å². The van der Waals surface area contributed by atoms with Gasteiger partial charge < -0.3 is 4.98 Å². The molecule has 0 bridgehead atoms. The van der Waals surface area contributed by atoms with E-state index in [2.05, 4.69) is 24.0 Å². The van der Waals surface area contributed by atoms with Crippen LogP contribution in [0.1, 0.15) is 16.8 Å². The first-order chi connectivity index (χ1) is 11.1. The maximum Gasteiger partial charge on any atom is 0.266 e.